The number of imidazole rings is 1. The highest BCUT2D eigenvalue weighted by Gasteiger charge is 2.16. The summed E-state index contributed by atoms with van der Waals surface area (Å²) in [5, 5.41) is 0.739. The minimum Gasteiger partial charge on any atom is -0.338 e. The predicted molar refractivity (Wildman–Crippen MR) is 83.2 cm³/mol. The Bertz CT molecular complexity index is 789. The average Bonchev–Trinajstić information content (AvgIpc) is 2.89. The Kier molecular flexibility index (Phi) is 2.78. The normalized spacial score (nSPS) is 14.4. The molecule has 1 aliphatic carbocycles. The van der Waals surface area contributed by atoms with Gasteiger partial charge in [-0.05, 0) is 55.0 Å². The van der Waals surface area contributed by atoms with Gasteiger partial charge >= 0.3 is 0 Å². The maximum Gasteiger partial charge on any atom is 0.138 e. The Balaban J connectivity index is 1.90. The fourth-order valence-electron chi connectivity index (χ4n) is 3.11. The molecule has 2 nitrogen and oxygen atoms in total. The molecule has 1 N–H and O–H groups in total. The van der Waals surface area contributed by atoms with Crippen LogP contribution in [-0.4, -0.2) is 9.97 Å². The summed E-state index contributed by atoms with van der Waals surface area (Å²) in [7, 11) is 0. The molecule has 2 aromatic carbocycles. The maximum atomic E-state index is 6.04. The summed E-state index contributed by atoms with van der Waals surface area (Å²) in [6, 6.07) is 12.3. The van der Waals surface area contributed by atoms with E-state index >= 15 is 0 Å². The molecular weight excluding hydrogens is 268 g/mol. The van der Waals surface area contributed by atoms with Crippen LogP contribution in [-0.2, 0) is 12.8 Å². The van der Waals surface area contributed by atoms with Crippen LogP contribution in [0.25, 0.3) is 22.4 Å². The molecular formula is C17H15ClN2. The average molecular weight is 283 g/mol. The summed E-state index contributed by atoms with van der Waals surface area (Å²) in [6.45, 7) is 0. The number of aryl methyl sites for hydroxylation is 1. The second-order valence-electron chi connectivity index (χ2n) is 5.40. The van der Waals surface area contributed by atoms with Crippen molar-refractivity contribution in [3.63, 3.8) is 0 Å². The lowest BCUT2D eigenvalue weighted by atomic mass is 9.88. The molecule has 4 rings (SSSR count). The molecule has 0 saturated carbocycles. The zero-order valence-corrected chi connectivity index (χ0v) is 11.9. The third-order valence-corrected chi connectivity index (χ3v) is 4.33. The number of aromatic nitrogens is 2. The first-order chi connectivity index (χ1) is 9.81. The highest BCUT2D eigenvalue weighted by molar-refractivity contribution is 6.31. The number of nitrogens with zero attached hydrogens (tertiary/aromatic N) is 1. The van der Waals surface area contributed by atoms with Gasteiger partial charge in [-0.15, -0.1) is 0 Å². The lowest BCUT2D eigenvalue weighted by Crippen LogP contribution is -2.04. The number of hydrogen-bond acceptors (Lipinski definition) is 1. The Morgan fingerprint density at radius 2 is 1.95 bits per heavy atom. The van der Waals surface area contributed by atoms with Crippen LogP contribution < -0.4 is 0 Å². The Morgan fingerprint density at radius 3 is 2.90 bits per heavy atom. The van der Waals surface area contributed by atoms with E-state index in [0.29, 0.717) is 0 Å². The van der Waals surface area contributed by atoms with Crippen LogP contribution in [0.2, 0.25) is 5.02 Å². The molecule has 100 valence electrons. The van der Waals surface area contributed by atoms with Gasteiger partial charge in [0.2, 0.25) is 0 Å². The van der Waals surface area contributed by atoms with Gasteiger partial charge in [0.15, 0.2) is 0 Å². The molecule has 0 bridgehead atoms. The van der Waals surface area contributed by atoms with E-state index in [9.17, 15) is 0 Å². The number of nitrogens with one attached hydrogen (secondary N) is 1. The van der Waals surface area contributed by atoms with Gasteiger partial charge in [-0.3, -0.25) is 0 Å². The predicted octanol–water partition coefficient (Wildman–Crippen LogP) is 4.76. The summed E-state index contributed by atoms with van der Waals surface area (Å²) >= 11 is 6.04. The molecule has 0 saturated heterocycles. The standard InChI is InChI=1S/C17H15ClN2/c18-12-8-9-15-16(10-12)20-17(19-15)14-7-3-5-11-4-1-2-6-13(11)14/h3,5,7-10H,1-2,4,6H2,(H,19,20). The first kappa shape index (κ1) is 12.0. The largest absolute Gasteiger partial charge is 0.338 e. The second-order valence-corrected chi connectivity index (χ2v) is 5.83. The maximum absolute atomic E-state index is 6.04. The Hall–Kier alpha value is -1.80. The number of aromatic amines is 1. The highest BCUT2D eigenvalue weighted by Crippen LogP contribution is 2.31. The number of halogens is 1. The number of fused-ring (bicyclic) bond motifs is 2. The summed E-state index contributed by atoms with van der Waals surface area (Å²) in [4.78, 5) is 8.13. The van der Waals surface area contributed by atoms with Gasteiger partial charge in [0.1, 0.15) is 5.82 Å². The molecule has 0 aliphatic heterocycles. The summed E-state index contributed by atoms with van der Waals surface area (Å²) in [5.41, 5.74) is 6.16. The van der Waals surface area contributed by atoms with Crippen LogP contribution >= 0.6 is 11.6 Å². The molecule has 0 spiro atoms. The highest BCUT2D eigenvalue weighted by atomic mass is 35.5. The fraction of sp³-hybridized carbons (Fsp3) is 0.235. The zero-order valence-electron chi connectivity index (χ0n) is 11.1. The summed E-state index contributed by atoms with van der Waals surface area (Å²) in [6.07, 6.45) is 4.92. The molecule has 3 aromatic rings. The Morgan fingerprint density at radius 1 is 1.05 bits per heavy atom. The third kappa shape index (κ3) is 1.92. The van der Waals surface area contributed by atoms with Gasteiger partial charge in [0, 0.05) is 10.6 Å². The van der Waals surface area contributed by atoms with E-state index < -0.39 is 0 Å². The van der Waals surface area contributed by atoms with Crippen molar-refractivity contribution >= 4 is 22.6 Å². The van der Waals surface area contributed by atoms with Crippen molar-refractivity contribution < 1.29 is 0 Å². The van der Waals surface area contributed by atoms with Crippen LogP contribution in [0.1, 0.15) is 24.0 Å². The fourth-order valence-corrected chi connectivity index (χ4v) is 3.28. The topological polar surface area (TPSA) is 28.7 Å². The van der Waals surface area contributed by atoms with Crippen LogP contribution in [0, 0.1) is 0 Å². The quantitative estimate of drug-likeness (QED) is 0.685. The first-order valence-electron chi connectivity index (χ1n) is 7.08. The first-order valence-corrected chi connectivity index (χ1v) is 7.45. The molecule has 0 unspecified atom stereocenters. The van der Waals surface area contributed by atoms with Gasteiger partial charge < -0.3 is 4.98 Å². The van der Waals surface area contributed by atoms with Gasteiger partial charge in [-0.2, -0.15) is 0 Å². The lowest BCUT2D eigenvalue weighted by molar-refractivity contribution is 0.686. The van der Waals surface area contributed by atoms with Crippen molar-refractivity contribution in [2.75, 3.05) is 0 Å². The summed E-state index contributed by atoms with van der Waals surface area (Å²) < 4.78 is 0. The number of benzene rings is 2. The van der Waals surface area contributed by atoms with E-state index in [1.807, 2.05) is 18.2 Å². The van der Waals surface area contributed by atoms with Gasteiger partial charge in [0.05, 0.1) is 11.0 Å². The number of hydrogen-bond donors (Lipinski definition) is 1. The van der Waals surface area contributed by atoms with Crippen molar-refractivity contribution in [3.05, 3.63) is 52.5 Å². The zero-order chi connectivity index (χ0) is 13.5. The van der Waals surface area contributed by atoms with Crippen molar-refractivity contribution in [2.45, 2.75) is 25.7 Å². The Labute approximate surface area is 122 Å². The minimum atomic E-state index is 0.739. The van der Waals surface area contributed by atoms with Crippen molar-refractivity contribution in [1.82, 2.24) is 9.97 Å². The number of H-pyrrole nitrogens is 1. The van der Waals surface area contributed by atoms with Gasteiger partial charge in [-0.1, -0.05) is 29.8 Å². The van der Waals surface area contributed by atoms with Crippen molar-refractivity contribution in [2.24, 2.45) is 0 Å². The summed E-state index contributed by atoms with van der Waals surface area (Å²) in [5.74, 6) is 0.959. The molecule has 1 aromatic heterocycles. The van der Waals surface area contributed by atoms with Crippen molar-refractivity contribution in [1.29, 1.82) is 0 Å². The van der Waals surface area contributed by atoms with E-state index in [-0.39, 0.29) is 0 Å². The monoisotopic (exact) mass is 282 g/mol. The van der Waals surface area contributed by atoms with Gasteiger partial charge in [0.25, 0.3) is 0 Å². The molecule has 0 amide bonds. The molecule has 0 fully saturated rings. The molecule has 1 aliphatic rings. The molecule has 3 heteroatoms. The van der Waals surface area contributed by atoms with E-state index in [1.54, 1.807) is 0 Å². The van der Waals surface area contributed by atoms with E-state index in [2.05, 4.69) is 23.2 Å². The van der Waals surface area contributed by atoms with Crippen LogP contribution in [0.3, 0.4) is 0 Å². The second kappa shape index (κ2) is 4.64. The van der Waals surface area contributed by atoms with E-state index in [4.69, 9.17) is 16.6 Å². The smallest absolute Gasteiger partial charge is 0.138 e. The van der Waals surface area contributed by atoms with E-state index in [1.165, 1.54) is 36.0 Å². The number of rotatable bonds is 1. The molecule has 0 atom stereocenters. The third-order valence-electron chi connectivity index (χ3n) is 4.09. The molecule has 0 radical (unpaired) electrons. The van der Waals surface area contributed by atoms with Crippen LogP contribution in [0.15, 0.2) is 36.4 Å². The van der Waals surface area contributed by atoms with Gasteiger partial charge in [-0.25, -0.2) is 4.98 Å². The van der Waals surface area contributed by atoms with Crippen LogP contribution in [0.4, 0.5) is 0 Å². The molecule has 20 heavy (non-hydrogen) atoms. The SMILES string of the molecule is Clc1ccc2nc(-c3cccc4c3CCCC4)[nH]c2c1. The minimum absolute atomic E-state index is 0.739. The van der Waals surface area contributed by atoms with Crippen molar-refractivity contribution in [3.8, 4) is 11.4 Å². The molecule has 1 heterocycles. The lowest BCUT2D eigenvalue weighted by Gasteiger charge is -2.18. The van der Waals surface area contributed by atoms with Crippen LogP contribution in [0.5, 0.6) is 0 Å². The van der Waals surface area contributed by atoms with E-state index in [0.717, 1.165) is 28.3 Å².